The first kappa shape index (κ1) is 23.3. The monoisotopic (exact) mass is 506 g/mol. The molecule has 0 aliphatic carbocycles. The highest BCUT2D eigenvalue weighted by molar-refractivity contribution is 14.0. The summed E-state index contributed by atoms with van der Waals surface area (Å²) in [6.07, 6.45) is 1.96. The fourth-order valence-electron chi connectivity index (χ4n) is 3.72. The van der Waals surface area contributed by atoms with Crippen molar-refractivity contribution in [3.63, 3.8) is 0 Å². The Labute approximate surface area is 185 Å². The lowest BCUT2D eigenvalue weighted by atomic mass is 10.1. The zero-order valence-corrected chi connectivity index (χ0v) is 19.7. The van der Waals surface area contributed by atoms with Crippen molar-refractivity contribution in [2.45, 2.75) is 39.0 Å². The Bertz CT molecular complexity index is 615. The Hall–Kier alpha value is -0.980. The quantitative estimate of drug-likeness (QED) is 0.310. The summed E-state index contributed by atoms with van der Waals surface area (Å²) < 4.78 is 7.13. The number of guanidine groups is 1. The lowest BCUT2D eigenvalue weighted by molar-refractivity contribution is 0.139. The number of fused-ring (bicyclic) bond motifs is 1. The molecular formula is C18H35IN8O. The van der Waals surface area contributed by atoms with Gasteiger partial charge in [-0.1, -0.05) is 6.92 Å². The van der Waals surface area contributed by atoms with Crippen LogP contribution in [0.15, 0.2) is 4.99 Å². The second-order valence-corrected chi connectivity index (χ2v) is 7.21. The first-order valence-corrected chi connectivity index (χ1v) is 10.0. The van der Waals surface area contributed by atoms with Gasteiger partial charge in [-0.3, -0.25) is 9.89 Å². The van der Waals surface area contributed by atoms with Crippen LogP contribution >= 0.6 is 24.0 Å². The van der Waals surface area contributed by atoms with E-state index in [1.807, 2.05) is 11.7 Å². The van der Waals surface area contributed by atoms with Gasteiger partial charge in [0.25, 0.3) is 0 Å². The standard InChI is InChI=1S/C18H34N8O.HI/c1-4-24-9-11-25(12-10-24)8-7-20-18(19-2)21-15-5-6-17-22-16(14-27-3)23-26(17)13-15;/h15H,4-14H2,1-3H3,(H2,19,20,21);1H. The maximum Gasteiger partial charge on any atom is 0.191 e. The van der Waals surface area contributed by atoms with Crippen LogP contribution in [-0.4, -0.2) is 96.5 Å². The molecular weight excluding hydrogens is 471 g/mol. The first-order chi connectivity index (χ1) is 13.2. The number of nitrogens with one attached hydrogen (secondary N) is 2. The number of aliphatic imine (C=N–C) groups is 1. The van der Waals surface area contributed by atoms with Crippen LogP contribution in [0.4, 0.5) is 0 Å². The number of hydrogen-bond donors (Lipinski definition) is 2. The van der Waals surface area contributed by atoms with E-state index in [0.29, 0.717) is 12.6 Å². The van der Waals surface area contributed by atoms with E-state index < -0.39 is 0 Å². The van der Waals surface area contributed by atoms with Crippen LogP contribution < -0.4 is 10.6 Å². The van der Waals surface area contributed by atoms with Crippen molar-refractivity contribution >= 4 is 29.9 Å². The largest absolute Gasteiger partial charge is 0.377 e. The minimum atomic E-state index is 0. The Kier molecular flexibility index (Phi) is 9.89. The van der Waals surface area contributed by atoms with Gasteiger partial charge in [0.05, 0.1) is 6.54 Å². The van der Waals surface area contributed by atoms with Gasteiger partial charge in [0.1, 0.15) is 12.4 Å². The van der Waals surface area contributed by atoms with Crippen molar-refractivity contribution < 1.29 is 4.74 Å². The summed E-state index contributed by atoms with van der Waals surface area (Å²) in [5.41, 5.74) is 0. The molecule has 0 aromatic carbocycles. The summed E-state index contributed by atoms with van der Waals surface area (Å²) in [5.74, 6) is 2.68. The molecule has 0 bridgehead atoms. The molecule has 0 radical (unpaired) electrons. The molecule has 0 spiro atoms. The molecule has 160 valence electrons. The second-order valence-electron chi connectivity index (χ2n) is 7.21. The van der Waals surface area contributed by atoms with Crippen molar-refractivity contribution in [2.75, 3.05) is 60.0 Å². The molecule has 1 fully saturated rings. The van der Waals surface area contributed by atoms with Gasteiger partial charge >= 0.3 is 0 Å². The Morgan fingerprint density at radius 3 is 2.68 bits per heavy atom. The molecule has 1 aromatic heterocycles. The van der Waals surface area contributed by atoms with Gasteiger partial charge < -0.3 is 20.3 Å². The van der Waals surface area contributed by atoms with Gasteiger partial charge in [0.15, 0.2) is 11.8 Å². The number of aromatic nitrogens is 3. The van der Waals surface area contributed by atoms with Crippen LogP contribution in [0.5, 0.6) is 0 Å². The van der Waals surface area contributed by atoms with Crippen LogP contribution in [0.1, 0.15) is 25.0 Å². The first-order valence-electron chi connectivity index (χ1n) is 10.0. The summed E-state index contributed by atoms with van der Waals surface area (Å²) in [6, 6.07) is 0.314. The smallest absolute Gasteiger partial charge is 0.191 e. The van der Waals surface area contributed by atoms with Crippen LogP contribution in [0, 0.1) is 0 Å². The molecule has 10 heteroatoms. The number of methoxy groups -OCH3 is 1. The highest BCUT2D eigenvalue weighted by Gasteiger charge is 2.22. The Morgan fingerprint density at radius 2 is 2.00 bits per heavy atom. The maximum atomic E-state index is 5.13. The number of rotatable bonds is 7. The molecule has 3 rings (SSSR count). The zero-order valence-electron chi connectivity index (χ0n) is 17.4. The van der Waals surface area contributed by atoms with Crippen molar-refractivity contribution in [3.05, 3.63) is 11.6 Å². The van der Waals surface area contributed by atoms with E-state index in [1.165, 1.54) is 13.1 Å². The highest BCUT2D eigenvalue weighted by atomic mass is 127. The molecule has 2 aliphatic heterocycles. The van der Waals surface area contributed by atoms with E-state index >= 15 is 0 Å². The van der Waals surface area contributed by atoms with Crippen LogP contribution in [0.25, 0.3) is 0 Å². The Morgan fingerprint density at radius 1 is 1.25 bits per heavy atom. The minimum absolute atomic E-state index is 0. The summed E-state index contributed by atoms with van der Waals surface area (Å²) in [7, 11) is 3.50. The van der Waals surface area contributed by atoms with Gasteiger partial charge in [-0.25, -0.2) is 9.67 Å². The molecule has 1 aromatic rings. The van der Waals surface area contributed by atoms with E-state index in [4.69, 9.17) is 4.74 Å². The molecule has 28 heavy (non-hydrogen) atoms. The van der Waals surface area contributed by atoms with Crippen molar-refractivity contribution in [3.8, 4) is 0 Å². The fraction of sp³-hybridized carbons (Fsp3) is 0.833. The molecule has 1 saturated heterocycles. The Balaban J connectivity index is 0.00000280. The third-order valence-corrected chi connectivity index (χ3v) is 5.37. The van der Waals surface area contributed by atoms with Gasteiger partial charge in [-0.2, -0.15) is 5.10 Å². The number of hydrogen-bond acceptors (Lipinski definition) is 6. The van der Waals surface area contributed by atoms with E-state index in [0.717, 1.165) is 69.7 Å². The predicted molar refractivity (Wildman–Crippen MR) is 121 cm³/mol. The normalized spacial score (nSPS) is 21.1. The van der Waals surface area contributed by atoms with Crippen LogP contribution in [0.2, 0.25) is 0 Å². The van der Waals surface area contributed by atoms with Gasteiger partial charge in [-0.05, 0) is 13.0 Å². The average molecular weight is 506 g/mol. The lowest BCUT2D eigenvalue weighted by Crippen LogP contribution is -2.51. The molecule has 1 atom stereocenters. The van der Waals surface area contributed by atoms with E-state index in [2.05, 4.69) is 42.4 Å². The van der Waals surface area contributed by atoms with E-state index in [-0.39, 0.29) is 24.0 Å². The molecule has 3 heterocycles. The number of halogens is 1. The van der Waals surface area contributed by atoms with Crippen LogP contribution in [0.3, 0.4) is 0 Å². The predicted octanol–water partition coefficient (Wildman–Crippen LogP) is 0.160. The number of nitrogens with zero attached hydrogens (tertiary/aromatic N) is 6. The number of piperazine rings is 1. The number of aryl methyl sites for hydroxylation is 1. The van der Waals surface area contributed by atoms with Gasteiger partial charge in [0, 0.05) is 65.9 Å². The van der Waals surface area contributed by atoms with Gasteiger partial charge in [0.2, 0.25) is 0 Å². The highest BCUT2D eigenvalue weighted by Crippen LogP contribution is 2.13. The molecule has 0 saturated carbocycles. The second kappa shape index (κ2) is 11.9. The molecule has 1 unspecified atom stereocenters. The minimum Gasteiger partial charge on any atom is -0.377 e. The summed E-state index contributed by atoms with van der Waals surface area (Å²) in [6.45, 7) is 11.3. The zero-order chi connectivity index (χ0) is 19.1. The van der Waals surface area contributed by atoms with Crippen LogP contribution in [-0.2, 0) is 24.3 Å². The van der Waals surface area contributed by atoms with E-state index in [1.54, 1.807) is 7.11 Å². The molecule has 9 nitrogen and oxygen atoms in total. The van der Waals surface area contributed by atoms with Crippen molar-refractivity contribution in [1.82, 2.24) is 35.2 Å². The SMILES string of the molecule is CCN1CCN(CCNC(=NC)NC2CCc3nc(COC)nn3C2)CC1.I. The fourth-order valence-corrected chi connectivity index (χ4v) is 3.72. The lowest BCUT2D eigenvalue weighted by Gasteiger charge is -2.34. The maximum absolute atomic E-state index is 5.13. The number of ether oxygens (including phenoxy) is 1. The molecule has 0 amide bonds. The van der Waals surface area contributed by atoms with Crippen molar-refractivity contribution in [2.24, 2.45) is 4.99 Å². The molecule has 2 N–H and O–H groups in total. The topological polar surface area (TPSA) is 82.8 Å². The average Bonchev–Trinajstić information content (AvgIpc) is 3.09. The molecule has 2 aliphatic rings. The summed E-state index contributed by atoms with van der Waals surface area (Å²) in [5, 5.41) is 11.5. The number of likely N-dealkylation sites (N-methyl/N-ethyl adjacent to an activating group) is 1. The van der Waals surface area contributed by atoms with E-state index in [9.17, 15) is 0 Å². The summed E-state index contributed by atoms with van der Waals surface area (Å²) in [4.78, 5) is 13.9. The third kappa shape index (κ3) is 6.53. The van der Waals surface area contributed by atoms with Gasteiger partial charge in [-0.15, -0.1) is 24.0 Å². The van der Waals surface area contributed by atoms with Crippen molar-refractivity contribution in [1.29, 1.82) is 0 Å². The summed E-state index contributed by atoms with van der Waals surface area (Å²) >= 11 is 0. The third-order valence-electron chi connectivity index (χ3n) is 5.37.